The summed E-state index contributed by atoms with van der Waals surface area (Å²) in [5.41, 5.74) is 10.0. The Morgan fingerprint density at radius 3 is 1.98 bits per heavy atom. The minimum absolute atomic E-state index is 0.155. The van der Waals surface area contributed by atoms with Gasteiger partial charge in [-0.3, -0.25) is 4.79 Å². The number of ether oxygens (including phenoxy) is 1. The van der Waals surface area contributed by atoms with Gasteiger partial charge < -0.3 is 31.4 Å². The van der Waals surface area contributed by atoms with Gasteiger partial charge in [-0.2, -0.15) is 5.10 Å². The van der Waals surface area contributed by atoms with Gasteiger partial charge in [0.1, 0.15) is 29.4 Å². The Kier molecular flexibility index (Phi) is 21.0. The van der Waals surface area contributed by atoms with Crippen molar-refractivity contribution >= 4 is 25.1 Å². The highest BCUT2D eigenvalue weighted by molar-refractivity contribution is 6.14. The second-order valence-corrected chi connectivity index (χ2v) is 8.10. The van der Waals surface area contributed by atoms with Crippen molar-refractivity contribution in [3.8, 4) is 11.5 Å². The SMILES string of the molecule is CNCCCCc1ccc(Oc2ccc(F)cc2)cc1.Cc1ccc(F)cc1C.N=C/C=N\NCC=O.NC=O. The van der Waals surface area contributed by atoms with Crippen LogP contribution in [0.3, 0.4) is 0 Å². The molecule has 0 atom stereocenters. The zero-order chi connectivity index (χ0) is 30.0. The molecule has 0 heterocycles. The maximum atomic E-state index is 12.8. The van der Waals surface area contributed by atoms with Gasteiger partial charge in [0.05, 0.1) is 12.8 Å². The molecule has 1 amide bonds. The van der Waals surface area contributed by atoms with Crippen LogP contribution in [0.25, 0.3) is 0 Å². The number of nitrogens with two attached hydrogens (primary N) is 1. The number of hydrogen-bond donors (Lipinski definition) is 4. The summed E-state index contributed by atoms with van der Waals surface area (Å²) in [6.45, 7) is 5.13. The van der Waals surface area contributed by atoms with Crippen LogP contribution in [0.5, 0.6) is 11.5 Å². The van der Waals surface area contributed by atoms with Gasteiger partial charge in [0.15, 0.2) is 0 Å². The molecule has 0 aliphatic carbocycles. The lowest BCUT2D eigenvalue weighted by molar-refractivity contribution is -0.107. The summed E-state index contributed by atoms with van der Waals surface area (Å²) < 4.78 is 30.8. The molecule has 216 valence electrons. The molecule has 0 saturated heterocycles. The molecular weight excluding hydrogens is 516 g/mol. The number of rotatable bonds is 11. The van der Waals surface area contributed by atoms with Crippen molar-refractivity contribution in [2.75, 3.05) is 20.1 Å². The predicted molar refractivity (Wildman–Crippen MR) is 157 cm³/mol. The molecule has 3 aromatic rings. The molecule has 3 aromatic carbocycles. The zero-order valence-electron chi connectivity index (χ0n) is 23.2. The fourth-order valence-corrected chi connectivity index (χ4v) is 2.88. The zero-order valence-corrected chi connectivity index (χ0v) is 23.2. The highest BCUT2D eigenvalue weighted by Gasteiger charge is 1.99. The van der Waals surface area contributed by atoms with E-state index in [0.717, 1.165) is 36.1 Å². The van der Waals surface area contributed by atoms with Crippen LogP contribution >= 0.6 is 0 Å². The molecule has 0 fully saturated rings. The number of aryl methyl sites for hydroxylation is 3. The van der Waals surface area contributed by atoms with Gasteiger partial charge in [-0.15, -0.1) is 0 Å². The number of primary amides is 1. The average molecular weight is 556 g/mol. The monoisotopic (exact) mass is 555 g/mol. The third-order valence-electron chi connectivity index (χ3n) is 5.00. The summed E-state index contributed by atoms with van der Waals surface area (Å²) >= 11 is 0. The molecule has 0 bridgehead atoms. The van der Waals surface area contributed by atoms with Gasteiger partial charge in [-0.05, 0) is 112 Å². The Hall–Kier alpha value is -4.44. The van der Waals surface area contributed by atoms with Crippen molar-refractivity contribution < 1.29 is 23.1 Å². The maximum Gasteiger partial charge on any atom is 0.204 e. The van der Waals surface area contributed by atoms with Crippen molar-refractivity contribution in [1.29, 1.82) is 5.41 Å². The van der Waals surface area contributed by atoms with Crippen LogP contribution in [0.15, 0.2) is 71.8 Å². The molecule has 0 aliphatic rings. The van der Waals surface area contributed by atoms with E-state index < -0.39 is 0 Å². The fraction of sp³-hybridized carbons (Fsp3) is 0.267. The molecule has 8 nitrogen and oxygen atoms in total. The average Bonchev–Trinajstić information content (AvgIpc) is 2.95. The Morgan fingerprint density at radius 1 is 0.900 bits per heavy atom. The summed E-state index contributed by atoms with van der Waals surface area (Å²) in [7, 11) is 1.97. The number of carbonyl (C=O) groups excluding carboxylic acids is 2. The van der Waals surface area contributed by atoms with Crippen molar-refractivity contribution in [2.45, 2.75) is 33.1 Å². The minimum atomic E-state index is -0.255. The summed E-state index contributed by atoms with van der Waals surface area (Å²) in [6.07, 6.45) is 6.67. The van der Waals surface area contributed by atoms with E-state index in [1.165, 1.54) is 48.9 Å². The van der Waals surface area contributed by atoms with Gasteiger partial charge in [-0.25, -0.2) is 8.78 Å². The Labute approximate surface area is 235 Å². The molecule has 10 heteroatoms. The third-order valence-corrected chi connectivity index (χ3v) is 5.00. The standard InChI is InChI=1S/C17H20FNO.C8H9F.C4H7N3O.CH3NO/c1-19-13-3-2-4-14-5-9-16(10-6-14)20-17-11-7-15(18)8-12-17;1-6-3-4-8(9)5-7(6)2;5-1-2-6-7-3-4-8;2-1-3/h5-12,19H,2-4,13H2,1H3;3-5H,1-2H3;1-2,4-5,7H,3H2;1H,(H2,2,3)/b;;5-1?,6-2-;. The molecule has 0 aliphatic heterocycles. The quantitative estimate of drug-likeness (QED) is 0.113. The van der Waals surface area contributed by atoms with Crippen LogP contribution in [0, 0.1) is 30.9 Å². The van der Waals surface area contributed by atoms with Crippen LogP contribution in [-0.4, -0.2) is 45.3 Å². The molecule has 0 saturated carbocycles. The summed E-state index contributed by atoms with van der Waals surface area (Å²) in [5.74, 6) is 1.01. The van der Waals surface area contributed by atoms with Crippen LogP contribution in [-0.2, 0) is 16.0 Å². The van der Waals surface area contributed by atoms with Crippen molar-refractivity contribution in [3.05, 3.63) is 95.1 Å². The first-order chi connectivity index (χ1) is 19.3. The van der Waals surface area contributed by atoms with Gasteiger partial charge in [0.25, 0.3) is 0 Å². The van der Waals surface area contributed by atoms with Crippen molar-refractivity contribution in [1.82, 2.24) is 10.7 Å². The molecule has 0 unspecified atom stereocenters. The summed E-state index contributed by atoms with van der Waals surface area (Å²) in [4.78, 5) is 18.2. The largest absolute Gasteiger partial charge is 0.457 e. The number of nitrogens with zero attached hydrogens (tertiary/aromatic N) is 1. The van der Waals surface area contributed by atoms with E-state index in [9.17, 15) is 13.6 Å². The number of unbranched alkanes of at least 4 members (excludes halogenated alkanes) is 1. The molecule has 5 N–H and O–H groups in total. The first-order valence-corrected chi connectivity index (χ1v) is 12.5. The Morgan fingerprint density at radius 2 is 1.48 bits per heavy atom. The second kappa shape index (κ2) is 23.7. The Balaban J connectivity index is 0.000000629. The lowest BCUT2D eigenvalue weighted by Crippen LogP contribution is -2.07. The predicted octanol–water partition coefficient (Wildman–Crippen LogP) is 5.11. The van der Waals surface area contributed by atoms with E-state index in [1.807, 2.05) is 33.0 Å². The van der Waals surface area contributed by atoms with Crippen LogP contribution in [0.4, 0.5) is 8.78 Å². The maximum absolute atomic E-state index is 12.8. The van der Waals surface area contributed by atoms with Crippen LogP contribution in [0.1, 0.15) is 29.5 Å². The van der Waals surface area contributed by atoms with Gasteiger partial charge in [0, 0.05) is 6.21 Å². The van der Waals surface area contributed by atoms with E-state index in [-0.39, 0.29) is 24.6 Å². The first kappa shape index (κ1) is 35.6. The first-order valence-electron chi connectivity index (χ1n) is 12.5. The van der Waals surface area contributed by atoms with Crippen LogP contribution < -0.4 is 21.2 Å². The lowest BCUT2D eigenvalue weighted by atomic mass is 10.1. The van der Waals surface area contributed by atoms with E-state index in [1.54, 1.807) is 18.2 Å². The van der Waals surface area contributed by atoms with Gasteiger partial charge >= 0.3 is 0 Å². The Bertz CT molecular complexity index is 1130. The molecule has 0 radical (unpaired) electrons. The van der Waals surface area contributed by atoms with E-state index >= 15 is 0 Å². The smallest absolute Gasteiger partial charge is 0.204 e. The number of amides is 1. The topological polar surface area (TPSA) is 130 Å². The van der Waals surface area contributed by atoms with E-state index in [0.29, 0.717) is 12.0 Å². The number of hydrazone groups is 1. The molecule has 0 spiro atoms. The highest BCUT2D eigenvalue weighted by Crippen LogP contribution is 2.22. The normalized spacial score (nSPS) is 9.53. The molecule has 40 heavy (non-hydrogen) atoms. The summed E-state index contributed by atoms with van der Waals surface area (Å²) in [5, 5.41) is 13.0. The van der Waals surface area contributed by atoms with Crippen LogP contribution in [0.2, 0.25) is 0 Å². The van der Waals surface area contributed by atoms with E-state index in [2.05, 4.69) is 33.7 Å². The van der Waals surface area contributed by atoms with Gasteiger partial charge in [-0.1, -0.05) is 18.2 Å². The molecule has 0 aromatic heterocycles. The minimum Gasteiger partial charge on any atom is -0.457 e. The molecular formula is C30H39F2N5O3. The third kappa shape index (κ3) is 18.8. The van der Waals surface area contributed by atoms with Gasteiger partial charge in [0.2, 0.25) is 6.41 Å². The van der Waals surface area contributed by atoms with E-state index in [4.69, 9.17) is 14.9 Å². The highest BCUT2D eigenvalue weighted by atomic mass is 19.1. The lowest BCUT2D eigenvalue weighted by Gasteiger charge is -2.07. The van der Waals surface area contributed by atoms with Crippen molar-refractivity contribution in [3.63, 3.8) is 0 Å². The number of benzene rings is 3. The van der Waals surface area contributed by atoms with Crippen molar-refractivity contribution in [2.24, 2.45) is 10.8 Å². The number of carbonyl (C=O) groups is 2. The fourth-order valence-electron chi connectivity index (χ4n) is 2.88. The number of halogens is 2. The number of nitrogens with one attached hydrogen (secondary N) is 3. The number of aldehydes is 1. The number of hydrogen-bond acceptors (Lipinski definition) is 7. The molecule has 3 rings (SSSR count). The summed E-state index contributed by atoms with van der Waals surface area (Å²) in [6, 6.07) is 18.9. The second-order valence-electron chi connectivity index (χ2n) is 8.10.